The molecule has 0 unspecified atom stereocenters. The highest BCUT2D eigenvalue weighted by Crippen LogP contribution is 2.39. The Morgan fingerprint density at radius 3 is 2.65 bits per heavy atom. The van der Waals surface area contributed by atoms with E-state index in [0.29, 0.717) is 18.4 Å². The molecule has 3 aromatic rings. The Bertz CT molecular complexity index is 1040. The van der Waals surface area contributed by atoms with Gasteiger partial charge in [0, 0.05) is 53.6 Å². The Hall–Kier alpha value is -2.66. The fourth-order valence-corrected chi connectivity index (χ4v) is 5.25. The first-order valence-electron chi connectivity index (χ1n) is 11.7. The van der Waals surface area contributed by atoms with Crippen LogP contribution < -0.4 is 0 Å². The molecular weight excluding hydrogens is 384 g/mol. The maximum absolute atomic E-state index is 13.1. The van der Waals surface area contributed by atoms with Gasteiger partial charge in [0.1, 0.15) is 0 Å². The monoisotopic (exact) mass is 416 g/mol. The minimum Gasteiger partial charge on any atom is -0.358 e. The Morgan fingerprint density at radius 2 is 1.84 bits per heavy atom. The van der Waals surface area contributed by atoms with Gasteiger partial charge in [-0.25, -0.2) is 0 Å². The quantitative estimate of drug-likeness (QED) is 0.673. The van der Waals surface area contributed by atoms with Gasteiger partial charge in [-0.3, -0.25) is 14.7 Å². The summed E-state index contributed by atoms with van der Waals surface area (Å²) in [7, 11) is 0. The number of para-hydroxylation sites is 1. The van der Waals surface area contributed by atoms with Gasteiger partial charge in [-0.05, 0) is 68.5 Å². The van der Waals surface area contributed by atoms with Crippen LogP contribution in [0.25, 0.3) is 22.0 Å². The van der Waals surface area contributed by atoms with Crippen LogP contribution in [0.1, 0.15) is 44.2 Å². The van der Waals surface area contributed by atoms with Crippen molar-refractivity contribution in [3.8, 4) is 11.1 Å². The molecule has 1 N–H and O–H groups in total. The summed E-state index contributed by atoms with van der Waals surface area (Å²) in [6.45, 7) is 6.67. The normalized spacial score (nSPS) is 20.9. The summed E-state index contributed by atoms with van der Waals surface area (Å²) in [5.74, 6) is 1.41. The van der Waals surface area contributed by atoms with E-state index in [1.807, 2.05) is 12.4 Å². The van der Waals surface area contributed by atoms with Crippen molar-refractivity contribution in [2.45, 2.75) is 38.5 Å². The zero-order valence-corrected chi connectivity index (χ0v) is 18.4. The van der Waals surface area contributed by atoms with Gasteiger partial charge in [0.25, 0.3) is 0 Å². The van der Waals surface area contributed by atoms with Gasteiger partial charge in [0.2, 0.25) is 5.91 Å². The van der Waals surface area contributed by atoms with Crippen molar-refractivity contribution in [1.82, 2.24) is 19.8 Å². The molecule has 4 heterocycles. The van der Waals surface area contributed by atoms with Gasteiger partial charge >= 0.3 is 0 Å². The van der Waals surface area contributed by atoms with Crippen LogP contribution in [0.15, 0.2) is 48.8 Å². The van der Waals surface area contributed by atoms with Crippen LogP contribution >= 0.6 is 0 Å². The first-order valence-corrected chi connectivity index (χ1v) is 11.7. The van der Waals surface area contributed by atoms with Crippen LogP contribution in [-0.4, -0.2) is 58.4 Å². The predicted molar refractivity (Wildman–Crippen MR) is 125 cm³/mol. The number of benzene rings is 1. The summed E-state index contributed by atoms with van der Waals surface area (Å²) in [6.07, 6.45) is 8.29. The summed E-state index contributed by atoms with van der Waals surface area (Å²) in [5.41, 5.74) is 4.88. The molecule has 0 saturated carbocycles. The van der Waals surface area contributed by atoms with E-state index >= 15 is 0 Å². The molecule has 5 nitrogen and oxygen atoms in total. The standard InChI is InChI=1S/C26H32N4O/c1-19-10-15-29(16-11-19)18-24(31)30-14-4-5-21(17-30)26-25(20-8-12-27-13-9-20)22-6-2-3-7-23(22)28-26/h2-3,6-9,12-13,19,21,28H,4-5,10-11,14-18H2,1H3/t21-/m1/s1. The number of carbonyl (C=O) groups excluding carboxylic acids is 1. The predicted octanol–water partition coefficient (Wildman–Crippen LogP) is 4.67. The van der Waals surface area contributed by atoms with Gasteiger partial charge in [-0.2, -0.15) is 0 Å². The Labute approximate surface area is 184 Å². The average Bonchev–Trinajstić information content (AvgIpc) is 3.21. The fraction of sp³-hybridized carbons (Fsp3) is 0.462. The number of aromatic nitrogens is 2. The zero-order valence-electron chi connectivity index (χ0n) is 18.4. The number of amides is 1. The average molecular weight is 417 g/mol. The van der Waals surface area contributed by atoms with Crippen LogP contribution in [0.5, 0.6) is 0 Å². The van der Waals surface area contributed by atoms with E-state index in [0.717, 1.165) is 50.5 Å². The van der Waals surface area contributed by atoms with Crippen molar-refractivity contribution in [1.29, 1.82) is 0 Å². The lowest BCUT2D eigenvalue weighted by molar-refractivity contribution is -0.134. The van der Waals surface area contributed by atoms with Gasteiger partial charge in [-0.1, -0.05) is 25.1 Å². The number of nitrogens with one attached hydrogen (secondary N) is 1. The molecule has 5 rings (SSSR count). The van der Waals surface area contributed by atoms with Gasteiger partial charge in [0.05, 0.1) is 6.54 Å². The summed E-state index contributed by atoms with van der Waals surface area (Å²) in [5, 5.41) is 1.24. The molecule has 0 radical (unpaired) electrons. The summed E-state index contributed by atoms with van der Waals surface area (Å²) < 4.78 is 0. The Balaban J connectivity index is 1.38. The molecule has 0 spiro atoms. The van der Waals surface area contributed by atoms with E-state index in [9.17, 15) is 4.79 Å². The van der Waals surface area contributed by atoms with Crippen LogP contribution in [-0.2, 0) is 4.79 Å². The lowest BCUT2D eigenvalue weighted by Gasteiger charge is -2.36. The molecule has 1 aromatic carbocycles. The number of hydrogen-bond donors (Lipinski definition) is 1. The highest BCUT2D eigenvalue weighted by Gasteiger charge is 2.29. The molecule has 2 fully saturated rings. The summed E-state index contributed by atoms with van der Waals surface area (Å²) >= 11 is 0. The minimum atomic E-state index is 0.292. The number of H-pyrrole nitrogens is 1. The zero-order chi connectivity index (χ0) is 21.2. The molecule has 31 heavy (non-hydrogen) atoms. The van der Waals surface area contributed by atoms with Crippen molar-refractivity contribution >= 4 is 16.8 Å². The van der Waals surface area contributed by atoms with E-state index in [-0.39, 0.29) is 0 Å². The van der Waals surface area contributed by atoms with Crippen molar-refractivity contribution in [2.24, 2.45) is 5.92 Å². The third kappa shape index (κ3) is 4.24. The lowest BCUT2D eigenvalue weighted by atomic mass is 9.89. The van der Waals surface area contributed by atoms with E-state index in [1.54, 1.807) is 0 Å². The smallest absolute Gasteiger partial charge is 0.236 e. The van der Waals surface area contributed by atoms with E-state index < -0.39 is 0 Å². The number of carbonyl (C=O) groups is 1. The van der Waals surface area contributed by atoms with Crippen molar-refractivity contribution in [3.63, 3.8) is 0 Å². The highest BCUT2D eigenvalue weighted by molar-refractivity contribution is 5.97. The third-order valence-corrected chi connectivity index (χ3v) is 7.12. The second-order valence-electron chi connectivity index (χ2n) is 9.33. The molecule has 0 aliphatic carbocycles. The highest BCUT2D eigenvalue weighted by atomic mass is 16.2. The van der Waals surface area contributed by atoms with Gasteiger partial charge in [-0.15, -0.1) is 0 Å². The molecule has 0 bridgehead atoms. The molecule has 2 saturated heterocycles. The lowest BCUT2D eigenvalue weighted by Crippen LogP contribution is -2.46. The third-order valence-electron chi connectivity index (χ3n) is 7.12. The molecule has 2 aliphatic rings. The number of likely N-dealkylation sites (tertiary alicyclic amines) is 2. The Kier molecular flexibility index (Phi) is 5.77. The summed E-state index contributed by atoms with van der Waals surface area (Å²) in [4.78, 5) is 25.5. The number of hydrogen-bond acceptors (Lipinski definition) is 3. The van der Waals surface area contributed by atoms with Crippen LogP contribution in [0, 0.1) is 5.92 Å². The molecule has 5 heteroatoms. The Morgan fingerprint density at radius 1 is 1.06 bits per heavy atom. The number of aromatic amines is 1. The van der Waals surface area contributed by atoms with Crippen molar-refractivity contribution < 1.29 is 4.79 Å². The molecular formula is C26H32N4O. The molecule has 1 amide bonds. The second-order valence-corrected chi connectivity index (χ2v) is 9.33. The van der Waals surface area contributed by atoms with Crippen LogP contribution in [0.4, 0.5) is 0 Å². The number of pyridine rings is 1. The molecule has 162 valence electrons. The second kappa shape index (κ2) is 8.83. The maximum Gasteiger partial charge on any atom is 0.236 e. The summed E-state index contributed by atoms with van der Waals surface area (Å²) in [6, 6.07) is 12.7. The topological polar surface area (TPSA) is 52.2 Å². The van der Waals surface area contributed by atoms with E-state index in [1.165, 1.54) is 35.0 Å². The maximum atomic E-state index is 13.1. The molecule has 1 atom stereocenters. The van der Waals surface area contributed by atoms with Crippen molar-refractivity contribution in [3.05, 3.63) is 54.5 Å². The van der Waals surface area contributed by atoms with Gasteiger partial charge < -0.3 is 9.88 Å². The van der Waals surface area contributed by atoms with Crippen molar-refractivity contribution in [2.75, 3.05) is 32.7 Å². The fourth-order valence-electron chi connectivity index (χ4n) is 5.25. The van der Waals surface area contributed by atoms with Crippen LogP contribution in [0.2, 0.25) is 0 Å². The largest absolute Gasteiger partial charge is 0.358 e. The van der Waals surface area contributed by atoms with Crippen LogP contribution in [0.3, 0.4) is 0 Å². The number of nitrogens with zero attached hydrogens (tertiary/aromatic N) is 3. The molecule has 2 aromatic heterocycles. The number of rotatable bonds is 4. The SMILES string of the molecule is CC1CCN(CC(=O)N2CCC[C@@H](c3[nH]c4ccccc4c3-c3ccncc3)C2)CC1. The minimum absolute atomic E-state index is 0.292. The molecule has 2 aliphatic heterocycles. The number of fused-ring (bicyclic) bond motifs is 1. The van der Waals surface area contributed by atoms with Gasteiger partial charge in [0.15, 0.2) is 0 Å². The van der Waals surface area contributed by atoms with E-state index in [4.69, 9.17) is 0 Å². The first kappa shape index (κ1) is 20.3. The number of piperidine rings is 2. The van der Waals surface area contributed by atoms with E-state index in [2.05, 4.69) is 63.1 Å². The first-order chi connectivity index (χ1) is 15.2.